The van der Waals surface area contributed by atoms with Gasteiger partial charge in [0.1, 0.15) is 12.1 Å². The van der Waals surface area contributed by atoms with Crippen LogP contribution in [-0.2, 0) is 10.3 Å². The van der Waals surface area contributed by atoms with Crippen LogP contribution in [0.15, 0.2) is 30.3 Å². The molecule has 0 saturated heterocycles. The lowest BCUT2D eigenvalue weighted by molar-refractivity contribution is -0.141. The van der Waals surface area contributed by atoms with E-state index in [9.17, 15) is 18.0 Å². The van der Waals surface area contributed by atoms with Gasteiger partial charge in [-0.25, -0.2) is 0 Å². The number of halogens is 4. The maximum Gasteiger partial charge on any atom is 0.405 e. The first-order chi connectivity index (χ1) is 7.73. The van der Waals surface area contributed by atoms with Gasteiger partial charge in [-0.3, -0.25) is 4.79 Å². The average molecular weight is 283 g/mol. The second-order valence-corrected chi connectivity index (χ2v) is 3.87. The molecule has 0 radical (unpaired) electrons. The highest BCUT2D eigenvalue weighted by Crippen LogP contribution is 2.18. The van der Waals surface area contributed by atoms with Crippen molar-refractivity contribution in [1.29, 1.82) is 0 Å². The molecule has 18 heavy (non-hydrogen) atoms. The highest BCUT2D eigenvalue weighted by Gasteiger charge is 2.34. The number of nitrogens with one attached hydrogen (secondary N) is 1. The topological polar surface area (TPSA) is 55.1 Å². The molecular formula is C11H14ClF3N2O. The lowest BCUT2D eigenvalue weighted by Gasteiger charge is -2.24. The van der Waals surface area contributed by atoms with Crippen LogP contribution in [0.3, 0.4) is 0 Å². The molecule has 0 aliphatic heterocycles. The number of amides is 1. The summed E-state index contributed by atoms with van der Waals surface area (Å²) in [5, 5.41) is 1.77. The minimum absolute atomic E-state index is 0. The van der Waals surface area contributed by atoms with Crippen molar-refractivity contribution in [2.24, 2.45) is 5.73 Å². The average Bonchev–Trinajstić information content (AvgIpc) is 2.26. The van der Waals surface area contributed by atoms with Crippen LogP contribution in [0.25, 0.3) is 0 Å². The first kappa shape index (κ1) is 16.7. The molecular weight excluding hydrogens is 269 g/mol. The number of benzene rings is 1. The third kappa shape index (κ3) is 4.54. The van der Waals surface area contributed by atoms with E-state index in [1.165, 1.54) is 6.92 Å². The molecule has 1 amide bonds. The van der Waals surface area contributed by atoms with E-state index < -0.39 is 24.2 Å². The van der Waals surface area contributed by atoms with Crippen LogP contribution in [0.2, 0.25) is 0 Å². The maximum atomic E-state index is 12.0. The minimum Gasteiger partial charge on any atom is -0.345 e. The fourth-order valence-corrected chi connectivity index (χ4v) is 1.28. The number of carbonyl (C=O) groups excluding carboxylic acids is 1. The van der Waals surface area contributed by atoms with Crippen LogP contribution >= 0.6 is 12.4 Å². The molecule has 0 heterocycles. The van der Waals surface area contributed by atoms with Gasteiger partial charge in [-0.15, -0.1) is 12.4 Å². The molecule has 0 aliphatic rings. The Morgan fingerprint density at radius 3 is 2.22 bits per heavy atom. The molecule has 0 aliphatic carbocycles. The van der Waals surface area contributed by atoms with Gasteiger partial charge in [-0.05, 0) is 12.5 Å². The quantitative estimate of drug-likeness (QED) is 0.890. The van der Waals surface area contributed by atoms with E-state index >= 15 is 0 Å². The molecule has 102 valence electrons. The van der Waals surface area contributed by atoms with Crippen molar-refractivity contribution < 1.29 is 18.0 Å². The second kappa shape index (κ2) is 6.06. The standard InChI is InChI=1S/C11H13F3N2O.ClH/c1-10(15,8-5-3-2-4-6-8)9(17)16-7-11(12,13)14;/h2-6H,7,15H2,1H3,(H,16,17);1H. The number of alkyl halides is 3. The van der Waals surface area contributed by atoms with Gasteiger partial charge in [0.05, 0.1) is 0 Å². The normalized spacial score (nSPS) is 14.3. The zero-order valence-corrected chi connectivity index (χ0v) is 10.4. The molecule has 0 spiro atoms. The largest absolute Gasteiger partial charge is 0.405 e. The Hall–Kier alpha value is -1.27. The Bertz CT molecular complexity index is 393. The van der Waals surface area contributed by atoms with Gasteiger partial charge in [-0.1, -0.05) is 30.3 Å². The monoisotopic (exact) mass is 282 g/mol. The fraction of sp³-hybridized carbons (Fsp3) is 0.364. The van der Waals surface area contributed by atoms with E-state index in [0.29, 0.717) is 5.56 Å². The first-order valence-corrected chi connectivity index (χ1v) is 4.93. The van der Waals surface area contributed by atoms with Crippen LogP contribution in [0, 0.1) is 0 Å². The van der Waals surface area contributed by atoms with Crippen molar-refractivity contribution >= 4 is 18.3 Å². The summed E-state index contributed by atoms with van der Waals surface area (Å²) in [7, 11) is 0. The molecule has 1 atom stereocenters. The molecule has 1 unspecified atom stereocenters. The van der Waals surface area contributed by atoms with Gasteiger partial charge in [0.25, 0.3) is 0 Å². The number of hydrogen-bond donors (Lipinski definition) is 2. The Kier molecular flexibility index (Phi) is 5.63. The zero-order valence-electron chi connectivity index (χ0n) is 9.62. The Labute approximate surface area is 109 Å². The zero-order chi connectivity index (χ0) is 13.1. The lowest BCUT2D eigenvalue weighted by Crippen LogP contribution is -2.51. The number of rotatable bonds is 3. The molecule has 1 aromatic carbocycles. The SMILES string of the molecule is CC(N)(C(=O)NCC(F)(F)F)c1ccccc1.Cl. The van der Waals surface area contributed by atoms with Gasteiger partial charge in [0, 0.05) is 0 Å². The van der Waals surface area contributed by atoms with Crippen molar-refractivity contribution in [3.05, 3.63) is 35.9 Å². The molecule has 0 bridgehead atoms. The van der Waals surface area contributed by atoms with Gasteiger partial charge < -0.3 is 11.1 Å². The van der Waals surface area contributed by atoms with E-state index in [4.69, 9.17) is 5.73 Å². The fourth-order valence-electron chi connectivity index (χ4n) is 1.28. The summed E-state index contributed by atoms with van der Waals surface area (Å²) < 4.78 is 35.9. The van der Waals surface area contributed by atoms with Crippen molar-refractivity contribution in [3.63, 3.8) is 0 Å². The summed E-state index contributed by atoms with van der Waals surface area (Å²) in [6.45, 7) is -0.0144. The van der Waals surface area contributed by atoms with Crippen molar-refractivity contribution in [2.75, 3.05) is 6.54 Å². The smallest absolute Gasteiger partial charge is 0.345 e. The molecule has 0 aromatic heterocycles. The summed E-state index contributed by atoms with van der Waals surface area (Å²) in [5.41, 5.74) is 4.71. The third-order valence-electron chi connectivity index (χ3n) is 2.29. The molecule has 1 aromatic rings. The Balaban J connectivity index is 0.00000289. The summed E-state index contributed by atoms with van der Waals surface area (Å²) in [6.07, 6.45) is -4.44. The van der Waals surface area contributed by atoms with Crippen molar-refractivity contribution in [1.82, 2.24) is 5.32 Å². The summed E-state index contributed by atoms with van der Waals surface area (Å²) in [5.74, 6) is -0.860. The minimum atomic E-state index is -4.44. The van der Waals surface area contributed by atoms with Crippen LogP contribution in [0.1, 0.15) is 12.5 Å². The highest BCUT2D eigenvalue weighted by molar-refractivity contribution is 5.87. The number of hydrogen-bond acceptors (Lipinski definition) is 2. The highest BCUT2D eigenvalue weighted by atomic mass is 35.5. The number of nitrogens with two attached hydrogens (primary N) is 1. The van der Waals surface area contributed by atoms with Crippen LogP contribution < -0.4 is 11.1 Å². The molecule has 3 nitrogen and oxygen atoms in total. The summed E-state index contributed by atoms with van der Waals surface area (Å²) in [4.78, 5) is 11.6. The van der Waals surface area contributed by atoms with Crippen LogP contribution in [0.5, 0.6) is 0 Å². The van der Waals surface area contributed by atoms with Crippen LogP contribution in [-0.4, -0.2) is 18.6 Å². The number of carbonyl (C=O) groups is 1. The summed E-state index contributed by atoms with van der Waals surface area (Å²) >= 11 is 0. The third-order valence-corrected chi connectivity index (χ3v) is 2.29. The van der Waals surface area contributed by atoms with E-state index in [0.717, 1.165) is 0 Å². The van der Waals surface area contributed by atoms with Crippen molar-refractivity contribution in [3.8, 4) is 0 Å². The van der Waals surface area contributed by atoms with Crippen LogP contribution in [0.4, 0.5) is 13.2 Å². The van der Waals surface area contributed by atoms with E-state index in [1.807, 2.05) is 0 Å². The Morgan fingerprint density at radius 2 is 1.78 bits per heavy atom. The lowest BCUT2D eigenvalue weighted by atomic mass is 9.92. The van der Waals surface area contributed by atoms with Gasteiger partial charge in [0.2, 0.25) is 5.91 Å². The predicted octanol–water partition coefficient (Wildman–Crippen LogP) is 1.96. The maximum absolute atomic E-state index is 12.0. The second-order valence-electron chi connectivity index (χ2n) is 3.87. The van der Waals surface area contributed by atoms with E-state index in [1.54, 1.807) is 35.6 Å². The van der Waals surface area contributed by atoms with Gasteiger partial charge in [-0.2, -0.15) is 13.2 Å². The first-order valence-electron chi connectivity index (χ1n) is 4.93. The van der Waals surface area contributed by atoms with E-state index in [2.05, 4.69) is 0 Å². The van der Waals surface area contributed by atoms with Crippen molar-refractivity contribution in [2.45, 2.75) is 18.6 Å². The van der Waals surface area contributed by atoms with Gasteiger partial charge >= 0.3 is 6.18 Å². The summed E-state index contributed by atoms with van der Waals surface area (Å²) in [6, 6.07) is 8.24. The molecule has 3 N–H and O–H groups in total. The molecule has 0 saturated carbocycles. The Morgan fingerprint density at radius 1 is 1.28 bits per heavy atom. The molecule has 0 fully saturated rings. The predicted molar refractivity (Wildman–Crippen MR) is 64.3 cm³/mol. The molecule has 1 rings (SSSR count). The van der Waals surface area contributed by atoms with E-state index in [-0.39, 0.29) is 12.4 Å². The molecule has 7 heteroatoms. The van der Waals surface area contributed by atoms with Gasteiger partial charge in [0.15, 0.2) is 0 Å².